The first-order chi connectivity index (χ1) is 5.37. The molecule has 0 saturated carbocycles. The Morgan fingerprint density at radius 1 is 1.08 bits per heavy atom. The molecule has 0 unspecified atom stereocenters. The van der Waals surface area contributed by atoms with E-state index < -0.39 is 24.3 Å². The second-order valence-electron chi connectivity index (χ2n) is 1.33. The number of hydrogen-bond acceptors (Lipinski definition) is 5. The number of carbonyl (C=O) groups excluding carboxylic acids is 1. The van der Waals surface area contributed by atoms with Crippen molar-refractivity contribution in [3.63, 3.8) is 0 Å². The Bertz CT molecular complexity index is 237. The average Bonchev–Trinajstić information content (AvgIpc) is 2.00. The van der Waals surface area contributed by atoms with E-state index in [0.717, 1.165) is 0 Å². The fourth-order valence-corrected chi connectivity index (χ4v) is 0.359. The van der Waals surface area contributed by atoms with Gasteiger partial charge in [0.1, 0.15) is 8.53 Å². The van der Waals surface area contributed by atoms with Crippen molar-refractivity contribution in [2.75, 3.05) is 0 Å². The van der Waals surface area contributed by atoms with Crippen LogP contribution >= 0.6 is 0 Å². The Morgan fingerprint density at radius 3 is 1.50 bits per heavy atom. The lowest BCUT2D eigenvalue weighted by Gasteiger charge is -1.92. The predicted octanol–water partition coefficient (Wildman–Crippen LogP) is -1.24. The van der Waals surface area contributed by atoms with E-state index in [1.165, 1.54) is 0 Å². The molecule has 0 aromatic rings. The minimum absolute atomic E-state index is 0.605. The number of carbonyl (C=O) groups is 1. The van der Waals surface area contributed by atoms with Crippen LogP contribution in [0.4, 0.5) is 4.79 Å². The highest BCUT2D eigenvalue weighted by Crippen LogP contribution is 1.83. The summed E-state index contributed by atoms with van der Waals surface area (Å²) in [5.74, 6) is 0. The summed E-state index contributed by atoms with van der Waals surface area (Å²) in [6, 6.07) is -1.88. The number of hydrogen-bond donors (Lipinski definition) is 2. The minimum Gasteiger partial charge on any atom is -0.551 e. The second-order valence-corrected chi connectivity index (χ2v) is 1.99. The first kappa shape index (κ1) is 10.5. The summed E-state index contributed by atoms with van der Waals surface area (Å²) in [7, 11) is 0. The number of rotatable bonds is 0. The van der Waals surface area contributed by atoms with Crippen molar-refractivity contribution < 1.29 is 33.5 Å². The zero-order valence-corrected chi connectivity index (χ0v) is 6.86. The molecule has 0 bridgehead atoms. The molecule has 0 radical (unpaired) electrons. The zero-order chi connectivity index (χ0) is 9.89. The zero-order valence-electron chi connectivity index (χ0n) is 5.22. The van der Waals surface area contributed by atoms with Crippen molar-refractivity contribution in [3.05, 3.63) is 10.4 Å². The number of urea groups is 1. The molecule has 0 rings (SSSR count). The molecule has 0 atom stereocenters. The van der Waals surface area contributed by atoms with Crippen molar-refractivity contribution in [2.45, 2.75) is 0 Å². The van der Waals surface area contributed by atoms with Crippen molar-refractivity contribution in [3.8, 4) is 0 Å². The third kappa shape index (κ3) is 2.28. The maximum atomic E-state index is 10.4. The van der Waals surface area contributed by atoms with Crippen LogP contribution in [0.25, 0.3) is 0 Å². The summed E-state index contributed by atoms with van der Waals surface area (Å²) in [5.41, 5.74) is 0. The highest BCUT2D eigenvalue weighted by molar-refractivity contribution is 7.51. The normalized spacial score (nSPS) is 14.7. The van der Waals surface area contributed by atoms with Crippen molar-refractivity contribution in [1.29, 1.82) is 0 Å². The summed E-state index contributed by atoms with van der Waals surface area (Å²) in [4.78, 5) is 8.63. The van der Waals surface area contributed by atoms with Crippen molar-refractivity contribution in [2.24, 2.45) is 0 Å². The van der Waals surface area contributed by atoms with E-state index in [-0.39, 0.29) is 0 Å². The van der Waals surface area contributed by atoms with Gasteiger partial charge < -0.3 is 10.4 Å². The maximum Gasteiger partial charge on any atom is 0.824 e. The van der Waals surface area contributed by atoms with Gasteiger partial charge in [0.15, 0.2) is 0 Å². The van der Waals surface area contributed by atoms with Crippen molar-refractivity contribution in [1.82, 2.24) is 0 Å². The summed E-state index contributed by atoms with van der Waals surface area (Å²) in [6.07, 6.45) is 0. The first-order valence-electron chi connectivity index (χ1n) is 2.18. The quantitative estimate of drug-likeness (QED) is 0.224. The van der Waals surface area contributed by atoms with E-state index in [0.29, 0.717) is 0 Å². The molecule has 0 spiro atoms. The molecular formula is CH2N4O5S2. The van der Waals surface area contributed by atoms with Gasteiger partial charge in [0.2, 0.25) is 9.72 Å². The molecule has 0 saturated heterocycles. The van der Waals surface area contributed by atoms with Gasteiger partial charge in [0.05, 0.1) is 0 Å². The van der Waals surface area contributed by atoms with E-state index in [9.17, 15) is 15.2 Å². The summed E-state index contributed by atoms with van der Waals surface area (Å²) < 4.78 is -1.21. The number of nitrogens with zero attached hydrogens (tertiary/aromatic N) is 4. The van der Waals surface area contributed by atoms with Gasteiger partial charge in [0, 0.05) is 0 Å². The fraction of sp³-hybridized carbons (Fsp3) is 0. The maximum absolute atomic E-state index is 10.4. The van der Waals surface area contributed by atoms with Crippen LogP contribution in [0.5, 0.6) is 0 Å². The van der Waals surface area contributed by atoms with Crippen LogP contribution in [0.3, 0.4) is 0 Å². The Labute approximate surface area is 76.2 Å². The monoisotopic (exact) mass is 214 g/mol. The molecule has 0 aromatic heterocycles. The van der Waals surface area contributed by atoms with Gasteiger partial charge in [-0.15, -0.1) is 4.79 Å². The molecule has 0 aliphatic rings. The molecule has 0 aliphatic carbocycles. The summed E-state index contributed by atoms with van der Waals surface area (Å²) >= 11 is 7.53. The second kappa shape index (κ2) is 3.77. The standard InChI is InChI=1S/CH2N4O5S2/c6-1(2(7)4(9)11)3(8)5(10)12/h(H,9,11)(H,10,12). The highest BCUT2D eigenvalue weighted by atomic mass is 32.1. The lowest BCUT2D eigenvalue weighted by molar-refractivity contribution is -1.06. The molecule has 2 amide bonds. The molecule has 0 fully saturated rings. The SMILES string of the molecule is O=C([N+]([O-])=[N+](O)[S-])[N+]([O-])=[N+](O)[S-]. The topological polar surface area (TPSA) is 116 Å². The van der Waals surface area contributed by atoms with Crippen LogP contribution in [0, 0.1) is 10.4 Å². The molecule has 9 nitrogen and oxygen atoms in total. The highest BCUT2D eigenvalue weighted by Gasteiger charge is 2.38. The van der Waals surface area contributed by atoms with Crippen LogP contribution in [0.1, 0.15) is 0 Å². The van der Waals surface area contributed by atoms with E-state index in [1.54, 1.807) is 0 Å². The molecule has 0 aliphatic heterocycles. The van der Waals surface area contributed by atoms with E-state index in [2.05, 4.69) is 25.6 Å². The van der Waals surface area contributed by atoms with E-state index in [4.69, 9.17) is 10.4 Å². The molecule has 2 N–H and O–H groups in total. The Balaban J connectivity index is 4.90. The van der Waals surface area contributed by atoms with Gasteiger partial charge in [-0.25, -0.2) is 10.4 Å². The largest absolute Gasteiger partial charge is 0.824 e. The lowest BCUT2D eigenvalue weighted by atomic mass is 11.1. The van der Waals surface area contributed by atoms with Gasteiger partial charge in [-0.05, 0) is 0 Å². The van der Waals surface area contributed by atoms with Crippen LogP contribution in [-0.2, 0) is 25.6 Å². The minimum atomic E-state index is -1.88. The predicted molar refractivity (Wildman–Crippen MR) is 31.5 cm³/mol. The molecule has 11 heteroatoms. The lowest BCUT2D eigenvalue weighted by Crippen LogP contribution is -2.32. The Morgan fingerprint density at radius 2 is 1.33 bits per heavy atom. The van der Waals surface area contributed by atoms with Gasteiger partial charge in [-0.3, -0.25) is 25.6 Å². The smallest absolute Gasteiger partial charge is 0.551 e. The molecule has 0 aromatic carbocycles. The summed E-state index contributed by atoms with van der Waals surface area (Å²) in [6.45, 7) is 0. The van der Waals surface area contributed by atoms with Crippen LogP contribution in [0.15, 0.2) is 0 Å². The van der Waals surface area contributed by atoms with Crippen molar-refractivity contribution >= 4 is 31.7 Å². The van der Waals surface area contributed by atoms with Crippen LogP contribution < -0.4 is 0 Å². The Kier molecular flexibility index (Phi) is 3.30. The number of hydroxylamine groups is 2. The van der Waals surface area contributed by atoms with Gasteiger partial charge >= 0.3 is 6.03 Å². The molecule has 12 heavy (non-hydrogen) atoms. The molecular weight excluding hydrogens is 212 g/mol. The van der Waals surface area contributed by atoms with Gasteiger partial charge in [-0.2, -0.15) is 0 Å². The number of amides is 2. The van der Waals surface area contributed by atoms with Crippen LogP contribution in [-0.4, -0.2) is 34.7 Å². The molecule has 68 valence electrons. The van der Waals surface area contributed by atoms with Gasteiger partial charge in [-0.1, -0.05) is 0 Å². The summed E-state index contributed by atoms with van der Waals surface area (Å²) in [5, 5.41) is 36.9. The first-order valence-corrected chi connectivity index (χ1v) is 2.91. The van der Waals surface area contributed by atoms with E-state index >= 15 is 0 Å². The van der Waals surface area contributed by atoms with E-state index in [1.807, 2.05) is 0 Å². The third-order valence-electron chi connectivity index (χ3n) is 0.638. The van der Waals surface area contributed by atoms with Gasteiger partial charge in [0.25, 0.3) is 0 Å². The Hall–Kier alpha value is -1.49. The van der Waals surface area contributed by atoms with Crippen LogP contribution in [0.2, 0.25) is 0 Å². The fourth-order valence-electron chi connectivity index (χ4n) is 0.220. The third-order valence-corrected chi connectivity index (χ3v) is 0.935. The molecule has 0 heterocycles. The average molecular weight is 214 g/mol.